The van der Waals surface area contributed by atoms with Gasteiger partial charge in [0.15, 0.2) is 0 Å². The van der Waals surface area contributed by atoms with Gasteiger partial charge in [-0.3, -0.25) is 14.7 Å². The molecule has 4 N–H and O–H groups in total. The topological polar surface area (TPSA) is 113 Å². The van der Waals surface area contributed by atoms with Crippen molar-refractivity contribution in [2.45, 2.75) is 103 Å². The molecule has 0 amide bonds. The van der Waals surface area contributed by atoms with Crippen molar-refractivity contribution in [1.82, 2.24) is 19.8 Å². The van der Waals surface area contributed by atoms with E-state index in [0.29, 0.717) is 24.0 Å². The van der Waals surface area contributed by atoms with Crippen molar-refractivity contribution in [1.29, 1.82) is 0 Å². The Bertz CT molecular complexity index is 813. The third-order valence-corrected chi connectivity index (χ3v) is 7.88. The molecule has 0 spiro atoms. The molecule has 5 rings (SSSR count). The largest absolute Gasteiger partial charge is 0.333 e. The predicted molar refractivity (Wildman–Crippen MR) is 143 cm³/mol. The van der Waals surface area contributed by atoms with Gasteiger partial charge in [-0.25, -0.2) is 0 Å². The first kappa shape index (κ1) is 27.6. The molecule has 0 saturated heterocycles. The lowest BCUT2D eigenvalue weighted by molar-refractivity contribution is 0.122. The molecule has 2 aliphatic heterocycles. The van der Waals surface area contributed by atoms with Gasteiger partial charge >= 0.3 is 0 Å². The highest BCUT2D eigenvalue weighted by Crippen LogP contribution is 2.56. The van der Waals surface area contributed by atoms with Crippen LogP contribution in [0.5, 0.6) is 0 Å². The highest BCUT2D eigenvalue weighted by Gasteiger charge is 2.50. The first-order valence-corrected chi connectivity index (χ1v) is 13.6. The molecule has 9 heteroatoms. The third-order valence-electron chi connectivity index (χ3n) is 7.88. The maximum atomic E-state index is 4.91. The molecule has 0 radical (unpaired) electrons. The van der Waals surface area contributed by atoms with Gasteiger partial charge in [-0.05, 0) is 97.7 Å². The normalized spacial score (nSPS) is 25.1. The van der Waals surface area contributed by atoms with Gasteiger partial charge in [-0.1, -0.05) is 5.22 Å². The van der Waals surface area contributed by atoms with E-state index in [1.807, 2.05) is 0 Å². The Hall–Kier alpha value is -2.00. The summed E-state index contributed by atoms with van der Waals surface area (Å²) in [7, 11) is 3.00. The van der Waals surface area contributed by atoms with Crippen LogP contribution < -0.4 is 11.5 Å². The molecule has 3 heterocycles. The zero-order chi connectivity index (χ0) is 25.7. The summed E-state index contributed by atoms with van der Waals surface area (Å²) in [6.07, 6.45) is 13.3. The van der Waals surface area contributed by atoms with E-state index in [0.717, 1.165) is 30.7 Å². The van der Waals surface area contributed by atoms with Gasteiger partial charge in [0.25, 0.3) is 0 Å². The standard InChI is InChI=1S/C24H39N7.2CH5N/c1-15(2)30-21(10-11-26-30)24(23(18-6-7-18)19-8-9-19)20-12-27-29(14-20)17(5)22-13-25-28-31(22)16(3)4;2*1-2/h11-12,14-19,21-24H,6-10,13H2,1-5H3;2*2H2,1H3. The van der Waals surface area contributed by atoms with Crippen molar-refractivity contribution in [3.05, 3.63) is 18.0 Å². The van der Waals surface area contributed by atoms with E-state index in [-0.39, 0.29) is 12.1 Å². The van der Waals surface area contributed by atoms with Crippen LogP contribution in [-0.4, -0.2) is 70.8 Å². The zero-order valence-electron chi connectivity index (χ0n) is 23.0. The van der Waals surface area contributed by atoms with Gasteiger partial charge < -0.3 is 11.5 Å². The van der Waals surface area contributed by atoms with Crippen molar-refractivity contribution < 1.29 is 0 Å². The molecule has 0 aromatic carbocycles. The first-order chi connectivity index (χ1) is 17.0. The lowest BCUT2D eigenvalue weighted by Crippen LogP contribution is -2.41. The van der Waals surface area contributed by atoms with Gasteiger partial charge in [0.05, 0.1) is 30.9 Å². The molecule has 2 saturated carbocycles. The molecule has 4 unspecified atom stereocenters. The van der Waals surface area contributed by atoms with E-state index in [9.17, 15) is 0 Å². The first-order valence-electron chi connectivity index (χ1n) is 13.6. The lowest BCUT2D eigenvalue weighted by atomic mass is 9.75. The number of nitrogens with zero attached hydrogens (tertiary/aromatic N) is 7. The van der Waals surface area contributed by atoms with Crippen LogP contribution in [0.2, 0.25) is 0 Å². The molecule has 35 heavy (non-hydrogen) atoms. The second-order valence-electron chi connectivity index (χ2n) is 10.8. The van der Waals surface area contributed by atoms with Crippen LogP contribution >= 0.6 is 0 Å². The fourth-order valence-electron chi connectivity index (χ4n) is 6.03. The fraction of sp³-hybridized carbons (Fsp3) is 0.846. The van der Waals surface area contributed by atoms with E-state index in [4.69, 9.17) is 10.2 Å². The number of aromatic nitrogens is 2. The van der Waals surface area contributed by atoms with Gasteiger partial charge in [-0.15, -0.1) is 0 Å². The molecule has 0 bridgehead atoms. The Labute approximate surface area is 212 Å². The van der Waals surface area contributed by atoms with Crippen LogP contribution in [-0.2, 0) is 0 Å². The molecule has 1 aromatic rings. The molecule has 9 nitrogen and oxygen atoms in total. The summed E-state index contributed by atoms with van der Waals surface area (Å²) in [5, 5.41) is 22.9. The summed E-state index contributed by atoms with van der Waals surface area (Å²) in [6.45, 7) is 11.9. The van der Waals surface area contributed by atoms with Gasteiger partial charge in [0.2, 0.25) is 0 Å². The van der Waals surface area contributed by atoms with Crippen molar-refractivity contribution in [3.8, 4) is 0 Å². The summed E-state index contributed by atoms with van der Waals surface area (Å²) in [5.74, 6) is 3.10. The quantitative estimate of drug-likeness (QED) is 0.546. The number of hydrogen-bond donors (Lipinski definition) is 2. The summed E-state index contributed by atoms with van der Waals surface area (Å²) < 4.78 is 2.19. The minimum absolute atomic E-state index is 0.244. The van der Waals surface area contributed by atoms with Crippen molar-refractivity contribution in [3.63, 3.8) is 0 Å². The average Bonchev–Trinajstić information content (AvgIpc) is 3.71. The maximum Gasteiger partial charge on any atom is 0.0925 e. The molecule has 4 aliphatic rings. The molecule has 198 valence electrons. The predicted octanol–water partition coefficient (Wildman–Crippen LogP) is 4.04. The Morgan fingerprint density at radius 3 is 2.00 bits per heavy atom. The van der Waals surface area contributed by atoms with Crippen LogP contribution in [0.25, 0.3) is 0 Å². The molecule has 1 aromatic heterocycles. The summed E-state index contributed by atoms with van der Waals surface area (Å²) >= 11 is 0. The maximum absolute atomic E-state index is 4.91. The van der Waals surface area contributed by atoms with Gasteiger partial charge in [0, 0.05) is 36.8 Å². The lowest BCUT2D eigenvalue weighted by Gasteiger charge is -2.38. The minimum Gasteiger partial charge on any atom is -0.333 e. The second kappa shape index (κ2) is 12.3. The van der Waals surface area contributed by atoms with Crippen molar-refractivity contribution in [2.75, 3.05) is 20.6 Å². The Morgan fingerprint density at radius 2 is 1.46 bits per heavy atom. The molecule has 2 aliphatic carbocycles. The number of nitrogens with two attached hydrogens (primary N) is 2. The van der Waals surface area contributed by atoms with E-state index in [2.05, 4.69) is 89.7 Å². The van der Waals surface area contributed by atoms with Crippen LogP contribution in [0.15, 0.2) is 27.8 Å². The zero-order valence-corrected chi connectivity index (χ0v) is 23.0. The Kier molecular flexibility index (Phi) is 9.69. The summed E-state index contributed by atoms with van der Waals surface area (Å²) in [6, 6.07) is 1.76. The van der Waals surface area contributed by atoms with E-state index in [1.165, 1.54) is 45.3 Å². The molecular formula is C26H49N9. The van der Waals surface area contributed by atoms with Crippen molar-refractivity contribution in [2.24, 2.45) is 44.7 Å². The smallest absolute Gasteiger partial charge is 0.0925 e. The number of hydrogen-bond acceptors (Lipinski definition) is 8. The van der Waals surface area contributed by atoms with E-state index < -0.39 is 0 Å². The second-order valence-corrected chi connectivity index (χ2v) is 10.8. The highest BCUT2D eigenvalue weighted by atomic mass is 15.6. The Morgan fingerprint density at radius 1 is 0.857 bits per heavy atom. The molecule has 4 atom stereocenters. The average molecular weight is 488 g/mol. The van der Waals surface area contributed by atoms with Crippen LogP contribution in [0.1, 0.15) is 84.2 Å². The fourth-order valence-corrected chi connectivity index (χ4v) is 6.03. The molecule has 2 fully saturated rings. The monoisotopic (exact) mass is 487 g/mol. The van der Waals surface area contributed by atoms with Gasteiger partial charge in [-0.2, -0.15) is 15.3 Å². The van der Waals surface area contributed by atoms with Gasteiger partial charge in [0.1, 0.15) is 0 Å². The third kappa shape index (κ3) is 6.05. The minimum atomic E-state index is 0.244. The van der Waals surface area contributed by atoms with Crippen molar-refractivity contribution >= 4 is 6.21 Å². The number of rotatable bonds is 9. The highest BCUT2D eigenvalue weighted by molar-refractivity contribution is 5.60. The van der Waals surface area contributed by atoms with E-state index >= 15 is 0 Å². The summed E-state index contributed by atoms with van der Waals surface area (Å²) in [5.41, 5.74) is 10.4. The van der Waals surface area contributed by atoms with Crippen LogP contribution in [0.4, 0.5) is 0 Å². The van der Waals surface area contributed by atoms with Crippen LogP contribution in [0, 0.1) is 17.8 Å². The van der Waals surface area contributed by atoms with Crippen LogP contribution in [0.3, 0.4) is 0 Å². The molecular weight excluding hydrogens is 438 g/mol. The SMILES string of the molecule is CC(C)N1N=CCC1C(c1cnn(C(C)C2CN=NN2C(C)C)c1)C(C1CC1)C1CC1.CN.CN. The number of hydrazone groups is 1. The summed E-state index contributed by atoms with van der Waals surface area (Å²) in [4.78, 5) is 0. The Balaban J connectivity index is 0.000000815. The van der Waals surface area contributed by atoms with E-state index in [1.54, 1.807) is 0 Å².